The van der Waals surface area contributed by atoms with E-state index in [1.54, 1.807) is 16.0 Å². The fraction of sp³-hybridized carbons (Fsp3) is 0.375. The molecule has 8 heteroatoms. The second kappa shape index (κ2) is 6.57. The summed E-state index contributed by atoms with van der Waals surface area (Å²) in [5, 5.41) is 15.9. The monoisotopic (exact) mass is 381 g/mol. The lowest BCUT2D eigenvalue weighted by molar-refractivity contribution is 0.0509. The molecule has 4 rings (SSSR count). The second-order valence-electron chi connectivity index (χ2n) is 5.93. The zero-order chi connectivity index (χ0) is 16.7. The van der Waals surface area contributed by atoms with Crippen molar-refractivity contribution in [1.82, 2.24) is 14.7 Å². The quantitative estimate of drug-likeness (QED) is 0.690. The first-order valence-electron chi connectivity index (χ1n) is 7.77. The molecule has 0 unspecified atom stereocenters. The number of nitrogens with zero attached hydrogens (tertiary/aromatic N) is 3. The Kier molecular flexibility index (Phi) is 4.44. The van der Waals surface area contributed by atoms with Gasteiger partial charge in [-0.2, -0.15) is 0 Å². The fourth-order valence-electron chi connectivity index (χ4n) is 2.99. The number of likely N-dealkylation sites (tertiary alicyclic amines) is 1. The number of aliphatic hydroxyl groups excluding tert-OH is 1. The summed E-state index contributed by atoms with van der Waals surface area (Å²) in [7, 11) is 0. The third kappa shape index (κ3) is 3.02. The standard InChI is InChI=1S/C16H16ClN3O2S2/c17-13-11-5-1-2-6-12(11)24-14(13)15-18-20(16(23)22-15)9-19-7-3-4-10(21)8-19/h1-2,5-6,10,21H,3-4,7-9H2/t10-/m0/s1. The first-order valence-corrected chi connectivity index (χ1v) is 9.38. The Morgan fingerprint density at radius 3 is 3.04 bits per heavy atom. The minimum atomic E-state index is -0.281. The van der Waals surface area contributed by atoms with Crippen LogP contribution in [0.3, 0.4) is 0 Å². The Morgan fingerprint density at radius 1 is 1.42 bits per heavy atom. The molecule has 1 aromatic carbocycles. The lowest BCUT2D eigenvalue weighted by Gasteiger charge is -2.29. The van der Waals surface area contributed by atoms with Crippen LogP contribution in [-0.4, -0.2) is 39.0 Å². The topological polar surface area (TPSA) is 54.4 Å². The SMILES string of the molecule is O[C@H]1CCCN(Cn2nc(-c3sc4ccccc4c3Cl)oc2=S)C1. The Balaban J connectivity index is 1.65. The summed E-state index contributed by atoms with van der Waals surface area (Å²) in [6, 6.07) is 7.95. The first-order chi connectivity index (χ1) is 11.6. The maximum Gasteiger partial charge on any atom is 0.288 e. The van der Waals surface area contributed by atoms with Gasteiger partial charge in [-0.15, -0.1) is 16.4 Å². The average molecular weight is 382 g/mol. The lowest BCUT2D eigenvalue weighted by Crippen LogP contribution is -2.39. The molecule has 0 aliphatic carbocycles. The number of hydrogen-bond acceptors (Lipinski definition) is 6. The number of benzene rings is 1. The number of fused-ring (bicyclic) bond motifs is 1. The normalized spacial score (nSPS) is 19.2. The number of piperidine rings is 1. The Bertz CT molecular complexity index is 933. The van der Waals surface area contributed by atoms with Crippen LogP contribution in [0.5, 0.6) is 0 Å². The molecule has 24 heavy (non-hydrogen) atoms. The largest absolute Gasteiger partial charge is 0.408 e. The van der Waals surface area contributed by atoms with Gasteiger partial charge in [0.25, 0.3) is 10.7 Å². The van der Waals surface area contributed by atoms with Crippen LogP contribution in [0.1, 0.15) is 12.8 Å². The summed E-state index contributed by atoms with van der Waals surface area (Å²) in [4.78, 5) is 3.24. The summed E-state index contributed by atoms with van der Waals surface area (Å²) in [5.74, 6) is 0.448. The summed E-state index contributed by atoms with van der Waals surface area (Å²) in [6.07, 6.45) is 1.54. The van der Waals surface area contributed by atoms with E-state index in [2.05, 4.69) is 10.00 Å². The van der Waals surface area contributed by atoms with Crippen molar-refractivity contribution in [3.63, 3.8) is 0 Å². The van der Waals surface area contributed by atoms with Gasteiger partial charge < -0.3 is 9.52 Å². The van der Waals surface area contributed by atoms with Gasteiger partial charge in [-0.3, -0.25) is 4.90 Å². The lowest BCUT2D eigenvalue weighted by atomic mass is 10.1. The smallest absolute Gasteiger partial charge is 0.288 e. The van der Waals surface area contributed by atoms with E-state index >= 15 is 0 Å². The van der Waals surface area contributed by atoms with Gasteiger partial charge in [-0.05, 0) is 31.1 Å². The molecule has 5 nitrogen and oxygen atoms in total. The van der Waals surface area contributed by atoms with Crippen molar-refractivity contribution in [2.75, 3.05) is 13.1 Å². The minimum Gasteiger partial charge on any atom is -0.408 e. The van der Waals surface area contributed by atoms with E-state index in [0.717, 1.165) is 34.3 Å². The Labute approximate surface area is 153 Å². The van der Waals surface area contributed by atoms with Gasteiger partial charge >= 0.3 is 0 Å². The summed E-state index contributed by atoms with van der Waals surface area (Å²) in [5.41, 5.74) is 0. The Morgan fingerprint density at radius 2 is 2.25 bits per heavy atom. The van der Waals surface area contributed by atoms with Gasteiger partial charge in [0.1, 0.15) is 4.88 Å². The van der Waals surface area contributed by atoms with Crippen LogP contribution in [0, 0.1) is 4.84 Å². The van der Waals surface area contributed by atoms with E-state index in [1.165, 1.54) is 0 Å². The number of aliphatic hydroxyl groups is 1. The molecule has 2 aromatic heterocycles. The van der Waals surface area contributed by atoms with Gasteiger partial charge in [-0.25, -0.2) is 4.68 Å². The zero-order valence-electron chi connectivity index (χ0n) is 12.8. The number of hydrogen-bond donors (Lipinski definition) is 1. The maximum absolute atomic E-state index is 9.79. The van der Waals surface area contributed by atoms with Crippen molar-refractivity contribution in [3.8, 4) is 10.8 Å². The minimum absolute atomic E-state index is 0.281. The van der Waals surface area contributed by atoms with E-state index in [0.29, 0.717) is 29.0 Å². The molecule has 0 radical (unpaired) electrons. The van der Waals surface area contributed by atoms with E-state index in [9.17, 15) is 5.11 Å². The fourth-order valence-corrected chi connectivity index (χ4v) is 4.60. The number of thiophene rings is 1. The van der Waals surface area contributed by atoms with Crippen molar-refractivity contribution >= 4 is 45.2 Å². The highest BCUT2D eigenvalue weighted by atomic mass is 35.5. The zero-order valence-corrected chi connectivity index (χ0v) is 15.2. The molecule has 1 atom stereocenters. The average Bonchev–Trinajstić information content (AvgIpc) is 3.09. The van der Waals surface area contributed by atoms with Crippen LogP contribution in [0.15, 0.2) is 28.7 Å². The summed E-state index contributed by atoms with van der Waals surface area (Å²) in [6.45, 7) is 2.07. The van der Waals surface area contributed by atoms with Crippen LogP contribution >= 0.6 is 35.2 Å². The molecule has 0 amide bonds. The third-order valence-corrected chi connectivity index (χ3v) is 6.11. The molecule has 1 saturated heterocycles. The second-order valence-corrected chi connectivity index (χ2v) is 7.71. The molecule has 1 fully saturated rings. The number of aromatic nitrogens is 2. The third-order valence-electron chi connectivity index (χ3n) is 4.15. The Hall–Kier alpha value is -1.25. The molecule has 1 N–H and O–H groups in total. The summed E-state index contributed by atoms with van der Waals surface area (Å²) < 4.78 is 8.43. The number of β-amino-alcohol motifs (C(OH)–C–C–N with tert-alkyl or cyclic N) is 1. The highest BCUT2D eigenvalue weighted by Gasteiger charge is 2.21. The van der Waals surface area contributed by atoms with Crippen molar-refractivity contribution < 1.29 is 9.52 Å². The number of halogens is 1. The van der Waals surface area contributed by atoms with E-state index in [4.69, 9.17) is 28.2 Å². The first kappa shape index (κ1) is 16.2. The van der Waals surface area contributed by atoms with E-state index < -0.39 is 0 Å². The van der Waals surface area contributed by atoms with Crippen molar-refractivity contribution in [2.24, 2.45) is 0 Å². The van der Waals surface area contributed by atoms with Gasteiger partial charge in [0.2, 0.25) is 0 Å². The van der Waals surface area contributed by atoms with Gasteiger partial charge in [0.05, 0.1) is 17.8 Å². The van der Waals surface area contributed by atoms with Crippen LogP contribution < -0.4 is 0 Å². The molecule has 0 saturated carbocycles. The molecule has 0 spiro atoms. The molecule has 0 bridgehead atoms. The van der Waals surface area contributed by atoms with Crippen molar-refractivity contribution in [2.45, 2.75) is 25.6 Å². The predicted octanol–water partition coefficient (Wildman–Crippen LogP) is 4.15. The molecule has 3 aromatic rings. The predicted molar refractivity (Wildman–Crippen MR) is 98.0 cm³/mol. The molecule has 3 heterocycles. The summed E-state index contributed by atoms with van der Waals surface area (Å²) >= 11 is 13.3. The van der Waals surface area contributed by atoms with Gasteiger partial charge in [0.15, 0.2) is 0 Å². The molecular formula is C16H16ClN3O2S2. The van der Waals surface area contributed by atoms with Crippen molar-refractivity contribution in [1.29, 1.82) is 0 Å². The van der Waals surface area contributed by atoms with Crippen LogP contribution in [0.4, 0.5) is 0 Å². The molecule has 1 aliphatic heterocycles. The van der Waals surface area contributed by atoms with Crippen molar-refractivity contribution in [3.05, 3.63) is 34.1 Å². The van der Waals surface area contributed by atoms with Crippen LogP contribution in [-0.2, 0) is 6.67 Å². The molecule has 1 aliphatic rings. The van der Waals surface area contributed by atoms with Gasteiger partial charge in [-0.1, -0.05) is 29.8 Å². The van der Waals surface area contributed by atoms with Crippen LogP contribution in [0.2, 0.25) is 5.02 Å². The highest BCUT2D eigenvalue weighted by molar-refractivity contribution is 7.71. The maximum atomic E-state index is 9.79. The van der Waals surface area contributed by atoms with E-state index in [1.807, 2.05) is 24.3 Å². The highest BCUT2D eigenvalue weighted by Crippen LogP contribution is 2.41. The molecular weight excluding hydrogens is 366 g/mol. The number of rotatable bonds is 3. The molecule has 126 valence electrons. The van der Waals surface area contributed by atoms with Crippen LogP contribution in [0.25, 0.3) is 20.9 Å². The van der Waals surface area contributed by atoms with E-state index in [-0.39, 0.29) is 6.10 Å². The van der Waals surface area contributed by atoms with Gasteiger partial charge in [0, 0.05) is 23.2 Å².